The first-order valence-electron chi connectivity index (χ1n) is 4.33. The smallest absolute Gasteiger partial charge is 0.269 e. The zero-order chi connectivity index (χ0) is 11.5. The summed E-state index contributed by atoms with van der Waals surface area (Å²) >= 11 is 0. The van der Waals surface area contributed by atoms with Crippen molar-refractivity contribution in [1.82, 2.24) is 10.9 Å². The first kappa shape index (κ1) is 13.0. The molecule has 78 valence electrons. The number of rotatable bonds is 7. The first-order valence-corrected chi connectivity index (χ1v) is 4.33. The highest BCUT2D eigenvalue weighted by atomic mass is 16.2. The molecular weight excluding hydrogens is 191 g/mol. The van der Waals surface area contributed by atoms with Gasteiger partial charge in [-0.25, -0.2) is 0 Å². The second-order valence-electron chi connectivity index (χ2n) is 2.56. The van der Waals surface area contributed by atoms with E-state index in [1.54, 1.807) is 30.4 Å². The summed E-state index contributed by atoms with van der Waals surface area (Å²) in [6.07, 6.45) is 8.77. The van der Waals surface area contributed by atoms with Crippen LogP contribution < -0.4 is 10.9 Å². The van der Waals surface area contributed by atoms with E-state index in [1.807, 2.05) is 0 Å². The van der Waals surface area contributed by atoms with Gasteiger partial charge in [-0.2, -0.15) is 0 Å². The molecule has 0 fully saturated rings. The molecular formula is C10H13BN2O2. The van der Waals surface area contributed by atoms with Crippen molar-refractivity contribution in [1.29, 1.82) is 0 Å². The Labute approximate surface area is 89.6 Å². The number of hydrazine groups is 1. The van der Waals surface area contributed by atoms with Crippen LogP contribution in [0.25, 0.3) is 0 Å². The monoisotopic (exact) mass is 204 g/mol. The lowest BCUT2D eigenvalue weighted by Crippen LogP contribution is -2.38. The van der Waals surface area contributed by atoms with Gasteiger partial charge < -0.3 is 0 Å². The van der Waals surface area contributed by atoms with Gasteiger partial charge in [-0.3, -0.25) is 20.4 Å². The van der Waals surface area contributed by atoms with Crippen LogP contribution in [0.3, 0.4) is 0 Å². The van der Waals surface area contributed by atoms with Gasteiger partial charge in [0.05, 0.1) is 0 Å². The van der Waals surface area contributed by atoms with Crippen molar-refractivity contribution in [3.63, 3.8) is 0 Å². The maximum absolute atomic E-state index is 11.2. The molecule has 0 rings (SSSR count). The summed E-state index contributed by atoms with van der Waals surface area (Å²) in [6.45, 7) is 7.06. The van der Waals surface area contributed by atoms with Crippen molar-refractivity contribution in [2.24, 2.45) is 0 Å². The molecule has 0 aromatic heterocycles. The fourth-order valence-electron chi connectivity index (χ4n) is 0.856. The Balaban J connectivity index is 4.28. The van der Waals surface area contributed by atoms with Gasteiger partial charge in [0.1, 0.15) is 0 Å². The molecule has 0 aromatic rings. The molecule has 0 spiro atoms. The van der Waals surface area contributed by atoms with Crippen molar-refractivity contribution >= 4 is 19.5 Å². The van der Waals surface area contributed by atoms with E-state index in [9.17, 15) is 9.59 Å². The largest absolute Gasteiger partial charge is 0.286 e. The number of carbonyl (C=O) groups excluding carboxylic acids is 2. The van der Waals surface area contributed by atoms with Gasteiger partial charge >= 0.3 is 0 Å². The SMILES string of the molecule is C=C/C=C\C(BC(=O)NNC=O)=C/C=C. The fourth-order valence-corrected chi connectivity index (χ4v) is 0.856. The summed E-state index contributed by atoms with van der Waals surface area (Å²) in [6, 6.07) is 0. The third kappa shape index (κ3) is 7.07. The summed E-state index contributed by atoms with van der Waals surface area (Å²) in [5, 5.41) is 0. The molecule has 15 heavy (non-hydrogen) atoms. The summed E-state index contributed by atoms with van der Waals surface area (Å²) < 4.78 is 0. The van der Waals surface area contributed by atoms with Crippen molar-refractivity contribution in [3.05, 3.63) is 49.0 Å². The normalized spacial score (nSPS) is 10.5. The highest BCUT2D eigenvalue weighted by molar-refractivity contribution is 6.79. The zero-order valence-electron chi connectivity index (χ0n) is 8.40. The summed E-state index contributed by atoms with van der Waals surface area (Å²) in [5.41, 5.74) is 5.05. The van der Waals surface area contributed by atoms with Crippen molar-refractivity contribution in [2.45, 2.75) is 0 Å². The van der Waals surface area contributed by atoms with Gasteiger partial charge in [0.15, 0.2) is 5.81 Å². The number of hydrogen-bond donors (Lipinski definition) is 2. The van der Waals surface area contributed by atoms with E-state index in [1.165, 1.54) is 0 Å². The van der Waals surface area contributed by atoms with Gasteiger partial charge in [0.2, 0.25) is 6.41 Å². The molecule has 2 N–H and O–H groups in total. The molecule has 0 atom stereocenters. The van der Waals surface area contributed by atoms with Gasteiger partial charge in [0.25, 0.3) is 7.28 Å². The summed E-state index contributed by atoms with van der Waals surface area (Å²) in [4.78, 5) is 21.1. The standard InChI is InChI=1S/C10H13BN2O2/c1-3-5-7-9(6-4-2)11-10(15)13-12-8-14/h3-8,11H,1-2H2,(H,12,14)(H,13,15)/b7-5-,9-6+. The van der Waals surface area contributed by atoms with Crippen LogP contribution in [0, 0.1) is 0 Å². The van der Waals surface area contributed by atoms with Crippen LogP contribution in [0.2, 0.25) is 0 Å². The minimum absolute atomic E-state index is 0.164. The Morgan fingerprint density at radius 3 is 2.53 bits per heavy atom. The predicted octanol–water partition coefficient (Wildman–Crippen LogP) is 0.606. The second kappa shape index (κ2) is 8.56. The number of hydrogen-bond acceptors (Lipinski definition) is 2. The first-order chi connectivity index (χ1) is 7.24. The van der Waals surface area contributed by atoms with E-state index in [0.29, 0.717) is 6.41 Å². The van der Waals surface area contributed by atoms with Crippen LogP contribution in [-0.2, 0) is 4.79 Å². The minimum Gasteiger partial charge on any atom is -0.286 e. The summed E-state index contributed by atoms with van der Waals surface area (Å²) in [7, 11) is 0.164. The molecule has 0 aliphatic carbocycles. The van der Waals surface area contributed by atoms with Gasteiger partial charge in [0, 0.05) is 0 Å². The van der Waals surface area contributed by atoms with Crippen molar-refractivity contribution in [2.75, 3.05) is 0 Å². The van der Waals surface area contributed by atoms with Crippen LogP contribution in [0.5, 0.6) is 0 Å². The molecule has 0 unspecified atom stereocenters. The maximum atomic E-state index is 11.2. The molecule has 0 heterocycles. The van der Waals surface area contributed by atoms with E-state index in [2.05, 4.69) is 24.0 Å². The average molecular weight is 204 g/mol. The Morgan fingerprint density at radius 1 is 1.27 bits per heavy atom. The van der Waals surface area contributed by atoms with Crippen LogP contribution in [0.1, 0.15) is 0 Å². The van der Waals surface area contributed by atoms with Crippen molar-refractivity contribution < 1.29 is 9.59 Å². The zero-order valence-corrected chi connectivity index (χ0v) is 8.40. The molecule has 0 saturated carbocycles. The number of carbonyl (C=O) groups is 2. The predicted molar refractivity (Wildman–Crippen MR) is 62.5 cm³/mol. The molecule has 0 bridgehead atoms. The van der Waals surface area contributed by atoms with E-state index in [0.717, 1.165) is 5.47 Å². The third-order valence-electron chi connectivity index (χ3n) is 1.41. The fraction of sp³-hybridized carbons (Fsp3) is 0. The molecule has 4 nitrogen and oxygen atoms in total. The lowest BCUT2D eigenvalue weighted by Gasteiger charge is -2.01. The third-order valence-corrected chi connectivity index (χ3v) is 1.41. The highest BCUT2D eigenvalue weighted by Gasteiger charge is 2.04. The number of amides is 2. The molecule has 0 aliphatic rings. The van der Waals surface area contributed by atoms with Gasteiger partial charge in [-0.1, -0.05) is 49.0 Å². The number of allylic oxidation sites excluding steroid dienone is 6. The Kier molecular flexibility index (Phi) is 7.40. The van der Waals surface area contributed by atoms with E-state index >= 15 is 0 Å². The second-order valence-corrected chi connectivity index (χ2v) is 2.56. The van der Waals surface area contributed by atoms with E-state index in [-0.39, 0.29) is 13.1 Å². The van der Waals surface area contributed by atoms with Crippen LogP contribution in [0.15, 0.2) is 49.0 Å². The lowest BCUT2D eigenvalue weighted by atomic mass is 9.68. The van der Waals surface area contributed by atoms with Gasteiger partial charge in [-0.05, 0) is 0 Å². The van der Waals surface area contributed by atoms with Crippen LogP contribution in [-0.4, -0.2) is 19.5 Å². The molecule has 0 radical (unpaired) electrons. The average Bonchev–Trinajstić information content (AvgIpc) is 2.23. The molecule has 0 saturated heterocycles. The maximum Gasteiger partial charge on any atom is 0.269 e. The molecule has 0 aromatic carbocycles. The Morgan fingerprint density at radius 2 is 2.00 bits per heavy atom. The van der Waals surface area contributed by atoms with Crippen molar-refractivity contribution in [3.8, 4) is 0 Å². The quantitative estimate of drug-likeness (QED) is 0.276. The molecule has 2 amide bonds. The number of nitrogens with one attached hydrogen (secondary N) is 2. The minimum atomic E-state index is -0.302. The lowest BCUT2D eigenvalue weighted by molar-refractivity contribution is -0.110. The Hall–Kier alpha value is -2.04. The topological polar surface area (TPSA) is 58.2 Å². The van der Waals surface area contributed by atoms with Crippen LogP contribution in [0.4, 0.5) is 4.79 Å². The molecule has 0 aliphatic heterocycles. The van der Waals surface area contributed by atoms with Crippen LogP contribution >= 0.6 is 0 Å². The molecule has 5 heteroatoms. The summed E-state index contributed by atoms with van der Waals surface area (Å²) in [5.74, 6) is -0.302. The Bertz CT molecular complexity index is 309. The van der Waals surface area contributed by atoms with E-state index < -0.39 is 0 Å². The highest BCUT2D eigenvalue weighted by Crippen LogP contribution is 1.96. The van der Waals surface area contributed by atoms with Gasteiger partial charge in [-0.15, -0.1) is 0 Å². The van der Waals surface area contributed by atoms with E-state index in [4.69, 9.17) is 0 Å².